The van der Waals surface area contributed by atoms with Crippen molar-refractivity contribution in [3.05, 3.63) is 29.8 Å². The van der Waals surface area contributed by atoms with Crippen molar-refractivity contribution >= 4 is 30.1 Å². The number of halogens is 1. The fraction of sp³-hybridized carbons (Fsp3) is 0.588. The molecule has 2 rings (SSSR count). The van der Waals surface area contributed by atoms with Crippen LogP contribution in [-0.2, 0) is 4.79 Å². The second kappa shape index (κ2) is 10.8. The Bertz CT molecular complexity index is 479. The molecule has 1 aliphatic rings. The molecule has 4 nitrogen and oxygen atoms in total. The van der Waals surface area contributed by atoms with Crippen molar-refractivity contribution in [3.63, 3.8) is 0 Å². The predicted molar refractivity (Wildman–Crippen MR) is 100 cm³/mol. The van der Waals surface area contributed by atoms with Crippen LogP contribution in [-0.4, -0.2) is 43.2 Å². The molecule has 1 unspecified atom stereocenters. The normalized spacial score (nSPS) is 17.4. The fourth-order valence-corrected chi connectivity index (χ4v) is 3.44. The minimum Gasteiger partial charge on any atom is -0.491 e. The topological polar surface area (TPSA) is 50.4 Å². The molecule has 0 bridgehead atoms. The van der Waals surface area contributed by atoms with Crippen molar-refractivity contribution in [2.45, 2.75) is 32.2 Å². The molecule has 23 heavy (non-hydrogen) atoms. The van der Waals surface area contributed by atoms with E-state index in [0.717, 1.165) is 23.8 Å². The summed E-state index contributed by atoms with van der Waals surface area (Å²) in [6.45, 7) is 6.35. The highest BCUT2D eigenvalue weighted by Crippen LogP contribution is 2.25. The van der Waals surface area contributed by atoms with Crippen molar-refractivity contribution in [2.75, 3.05) is 31.2 Å². The molecule has 1 atom stereocenters. The van der Waals surface area contributed by atoms with Gasteiger partial charge >= 0.3 is 0 Å². The molecule has 130 valence electrons. The summed E-state index contributed by atoms with van der Waals surface area (Å²) in [5, 5.41) is 6.31. The van der Waals surface area contributed by atoms with Crippen LogP contribution in [0, 0.1) is 0 Å². The second-order valence-electron chi connectivity index (χ2n) is 5.82. The first-order valence-electron chi connectivity index (χ1n) is 7.96. The van der Waals surface area contributed by atoms with E-state index < -0.39 is 0 Å². The largest absolute Gasteiger partial charge is 0.491 e. The standard InChI is InChI=1S/C17H26N2O2S.ClH/c1-13(2)15-5-3-4-6-16(15)21-9-7-19-17(20)11-14-12-22-10-8-18-14;/h3-6,13-14,18H,7-12H2,1-2H3,(H,19,20);1H. The second-order valence-corrected chi connectivity index (χ2v) is 6.97. The van der Waals surface area contributed by atoms with Gasteiger partial charge < -0.3 is 15.4 Å². The Morgan fingerprint density at radius 1 is 1.43 bits per heavy atom. The molecule has 0 aliphatic carbocycles. The van der Waals surface area contributed by atoms with Crippen molar-refractivity contribution < 1.29 is 9.53 Å². The number of rotatable bonds is 7. The number of hydrogen-bond acceptors (Lipinski definition) is 4. The van der Waals surface area contributed by atoms with E-state index in [2.05, 4.69) is 30.5 Å². The maximum absolute atomic E-state index is 11.9. The summed E-state index contributed by atoms with van der Waals surface area (Å²) in [5.41, 5.74) is 1.21. The quantitative estimate of drug-likeness (QED) is 0.736. The van der Waals surface area contributed by atoms with Crippen LogP contribution in [0.5, 0.6) is 5.75 Å². The van der Waals surface area contributed by atoms with Gasteiger partial charge in [0.1, 0.15) is 12.4 Å². The van der Waals surface area contributed by atoms with E-state index in [4.69, 9.17) is 4.74 Å². The highest BCUT2D eigenvalue weighted by molar-refractivity contribution is 7.99. The highest BCUT2D eigenvalue weighted by Gasteiger charge is 2.16. The average Bonchev–Trinajstić information content (AvgIpc) is 2.53. The number of thioether (sulfide) groups is 1. The van der Waals surface area contributed by atoms with E-state index >= 15 is 0 Å². The van der Waals surface area contributed by atoms with Gasteiger partial charge in [-0.05, 0) is 17.5 Å². The number of hydrogen-bond donors (Lipinski definition) is 2. The van der Waals surface area contributed by atoms with Crippen LogP contribution in [0.1, 0.15) is 31.7 Å². The molecule has 1 fully saturated rings. The summed E-state index contributed by atoms with van der Waals surface area (Å²) in [5.74, 6) is 3.60. The molecule has 0 aromatic heterocycles. The van der Waals surface area contributed by atoms with Crippen LogP contribution < -0.4 is 15.4 Å². The number of carbonyl (C=O) groups excluding carboxylic acids is 1. The summed E-state index contributed by atoms with van der Waals surface area (Å²) in [7, 11) is 0. The van der Waals surface area contributed by atoms with Gasteiger partial charge in [0.15, 0.2) is 0 Å². The zero-order valence-electron chi connectivity index (χ0n) is 13.8. The average molecular weight is 359 g/mol. The van der Waals surface area contributed by atoms with Gasteiger partial charge in [-0.25, -0.2) is 0 Å². The number of amides is 1. The van der Waals surface area contributed by atoms with Crippen molar-refractivity contribution in [2.24, 2.45) is 0 Å². The molecule has 1 amide bonds. The molecule has 6 heteroatoms. The van der Waals surface area contributed by atoms with Crippen molar-refractivity contribution in [1.82, 2.24) is 10.6 Å². The SMILES string of the molecule is CC(C)c1ccccc1OCCNC(=O)CC1CSCCN1.Cl. The lowest BCUT2D eigenvalue weighted by atomic mass is 10.0. The van der Waals surface area contributed by atoms with Gasteiger partial charge in [0.05, 0.1) is 6.54 Å². The smallest absolute Gasteiger partial charge is 0.221 e. The van der Waals surface area contributed by atoms with Crippen LogP contribution in [0.3, 0.4) is 0 Å². The molecular formula is C17H27ClN2O2S. The minimum absolute atomic E-state index is 0. The van der Waals surface area contributed by atoms with Crippen LogP contribution in [0.2, 0.25) is 0 Å². The Labute approximate surface area is 149 Å². The molecule has 1 aromatic carbocycles. The molecule has 1 aromatic rings. The van der Waals surface area contributed by atoms with E-state index in [9.17, 15) is 4.79 Å². The molecule has 1 heterocycles. The number of carbonyl (C=O) groups is 1. The third kappa shape index (κ3) is 7.02. The molecule has 0 spiro atoms. The summed E-state index contributed by atoms with van der Waals surface area (Å²) in [6, 6.07) is 8.39. The first-order valence-corrected chi connectivity index (χ1v) is 9.12. The van der Waals surface area contributed by atoms with Crippen LogP contribution >= 0.6 is 24.2 Å². The van der Waals surface area contributed by atoms with E-state index in [0.29, 0.717) is 31.5 Å². The van der Waals surface area contributed by atoms with Crippen molar-refractivity contribution in [3.8, 4) is 5.75 Å². The molecule has 0 saturated carbocycles. The van der Waals surface area contributed by atoms with Crippen molar-refractivity contribution in [1.29, 1.82) is 0 Å². The van der Waals surface area contributed by atoms with Crippen LogP contribution in [0.4, 0.5) is 0 Å². The third-order valence-corrected chi connectivity index (χ3v) is 4.78. The summed E-state index contributed by atoms with van der Waals surface area (Å²) < 4.78 is 5.80. The summed E-state index contributed by atoms with van der Waals surface area (Å²) in [4.78, 5) is 11.9. The summed E-state index contributed by atoms with van der Waals surface area (Å²) in [6.07, 6.45) is 0.551. The Balaban J connectivity index is 0.00000264. The lowest BCUT2D eigenvalue weighted by Crippen LogP contribution is -2.41. The minimum atomic E-state index is 0. The number of nitrogens with one attached hydrogen (secondary N) is 2. The molecular weight excluding hydrogens is 332 g/mol. The zero-order chi connectivity index (χ0) is 15.8. The fourth-order valence-electron chi connectivity index (χ4n) is 2.49. The zero-order valence-corrected chi connectivity index (χ0v) is 15.5. The highest BCUT2D eigenvalue weighted by atomic mass is 35.5. The summed E-state index contributed by atoms with van der Waals surface area (Å²) >= 11 is 1.91. The van der Waals surface area contributed by atoms with Gasteiger partial charge in [-0.15, -0.1) is 12.4 Å². The van der Waals surface area contributed by atoms with Gasteiger partial charge in [0, 0.05) is 30.5 Å². The maximum Gasteiger partial charge on any atom is 0.221 e. The van der Waals surface area contributed by atoms with Gasteiger partial charge in [-0.3, -0.25) is 4.79 Å². The van der Waals surface area contributed by atoms with Gasteiger partial charge in [-0.2, -0.15) is 11.8 Å². The van der Waals surface area contributed by atoms with Gasteiger partial charge in [0.2, 0.25) is 5.91 Å². The number of ether oxygens (including phenoxy) is 1. The molecule has 0 radical (unpaired) electrons. The van der Waals surface area contributed by atoms with Crippen LogP contribution in [0.25, 0.3) is 0 Å². The Morgan fingerprint density at radius 3 is 2.91 bits per heavy atom. The first kappa shape index (κ1) is 20.1. The lowest BCUT2D eigenvalue weighted by molar-refractivity contribution is -0.121. The molecule has 1 aliphatic heterocycles. The van der Waals surface area contributed by atoms with Crippen LogP contribution in [0.15, 0.2) is 24.3 Å². The van der Waals surface area contributed by atoms with Gasteiger partial charge in [0.25, 0.3) is 0 Å². The third-order valence-electron chi connectivity index (χ3n) is 3.65. The van der Waals surface area contributed by atoms with E-state index in [1.165, 1.54) is 5.56 Å². The first-order chi connectivity index (χ1) is 10.7. The van der Waals surface area contributed by atoms with E-state index in [1.807, 2.05) is 30.0 Å². The maximum atomic E-state index is 11.9. The number of para-hydroxylation sites is 1. The van der Waals surface area contributed by atoms with E-state index in [1.54, 1.807) is 0 Å². The number of benzene rings is 1. The Hall–Kier alpha value is -0.910. The predicted octanol–water partition coefficient (Wildman–Crippen LogP) is 2.82. The van der Waals surface area contributed by atoms with Gasteiger partial charge in [-0.1, -0.05) is 32.0 Å². The molecule has 2 N–H and O–H groups in total. The Morgan fingerprint density at radius 2 is 2.22 bits per heavy atom. The lowest BCUT2D eigenvalue weighted by Gasteiger charge is -2.22. The molecule has 1 saturated heterocycles. The Kier molecular flexibility index (Phi) is 9.44. The monoisotopic (exact) mass is 358 g/mol. The van der Waals surface area contributed by atoms with E-state index in [-0.39, 0.29) is 18.3 Å².